The molecule has 0 aliphatic carbocycles. The van der Waals surface area contributed by atoms with Crippen LogP contribution in [0.4, 0.5) is 13.6 Å². The Hall–Kier alpha value is -2.48. The third-order valence-electron chi connectivity index (χ3n) is 4.07. The Morgan fingerprint density at radius 2 is 2.04 bits per heavy atom. The Morgan fingerprint density at radius 3 is 2.67 bits per heavy atom. The second kappa shape index (κ2) is 5.55. The minimum atomic E-state index is -1.70. The molecule has 0 saturated carbocycles. The molecule has 0 bridgehead atoms. The van der Waals surface area contributed by atoms with Crippen LogP contribution >= 0.6 is 11.6 Å². The van der Waals surface area contributed by atoms with Crippen LogP contribution in [0.5, 0.6) is 0 Å². The molecule has 1 saturated heterocycles. The summed E-state index contributed by atoms with van der Waals surface area (Å²) in [5.74, 6) is -1.80. The molecule has 0 unspecified atom stereocenters. The molecule has 1 aliphatic rings. The molecule has 2 aromatic rings. The van der Waals surface area contributed by atoms with Crippen molar-refractivity contribution >= 4 is 23.5 Å². The lowest BCUT2D eigenvalue weighted by Crippen LogP contribution is -2.41. The normalized spacial score (nSPS) is 20.6. The number of nitrogens with zero attached hydrogens (tertiary/aromatic N) is 3. The Bertz CT molecular complexity index is 854. The van der Waals surface area contributed by atoms with Crippen molar-refractivity contribution in [3.8, 4) is 0 Å². The van der Waals surface area contributed by atoms with E-state index in [1.54, 1.807) is 7.05 Å². The second-order valence-corrected chi connectivity index (χ2v) is 6.01. The van der Waals surface area contributed by atoms with Gasteiger partial charge >= 0.3 is 6.03 Å². The highest BCUT2D eigenvalue weighted by Gasteiger charge is 2.50. The number of aromatic nitrogens is 2. The van der Waals surface area contributed by atoms with Crippen molar-refractivity contribution < 1.29 is 18.4 Å². The number of carbonyl (C=O) groups excluding carboxylic acids is 2. The summed E-state index contributed by atoms with van der Waals surface area (Å²) in [5, 5.41) is 2.77. The summed E-state index contributed by atoms with van der Waals surface area (Å²) < 4.78 is 29.0. The van der Waals surface area contributed by atoms with Gasteiger partial charge in [-0.15, -0.1) is 0 Å². The first kappa shape index (κ1) is 16.4. The van der Waals surface area contributed by atoms with Crippen molar-refractivity contribution in [1.82, 2.24) is 19.8 Å². The monoisotopic (exact) mass is 354 g/mol. The fourth-order valence-corrected chi connectivity index (χ4v) is 2.76. The number of halogens is 3. The van der Waals surface area contributed by atoms with Gasteiger partial charge in [0.1, 0.15) is 28.2 Å². The van der Waals surface area contributed by atoms with Gasteiger partial charge in [-0.25, -0.2) is 18.6 Å². The molecule has 9 heteroatoms. The molecule has 1 aromatic heterocycles. The maximum atomic E-state index is 14.1. The van der Waals surface area contributed by atoms with Gasteiger partial charge in [0.05, 0.1) is 12.7 Å². The average Bonchev–Trinajstić information content (AvgIpc) is 2.95. The van der Waals surface area contributed by atoms with Crippen LogP contribution in [0, 0.1) is 11.6 Å². The molecular weight excluding hydrogens is 342 g/mol. The molecule has 0 radical (unpaired) electrons. The Kier molecular flexibility index (Phi) is 3.79. The second-order valence-electron chi connectivity index (χ2n) is 5.63. The van der Waals surface area contributed by atoms with E-state index in [0.29, 0.717) is 11.0 Å². The first-order valence-electron chi connectivity index (χ1n) is 7.00. The van der Waals surface area contributed by atoms with Crippen molar-refractivity contribution in [2.24, 2.45) is 7.05 Å². The van der Waals surface area contributed by atoms with Crippen LogP contribution in [-0.2, 0) is 23.9 Å². The summed E-state index contributed by atoms with van der Waals surface area (Å²) in [5.41, 5.74) is -1.93. The zero-order valence-electron chi connectivity index (χ0n) is 12.8. The average molecular weight is 355 g/mol. The van der Waals surface area contributed by atoms with Gasteiger partial charge in [-0.05, 0) is 25.1 Å². The van der Waals surface area contributed by atoms with E-state index in [1.165, 1.54) is 17.7 Å². The lowest BCUT2D eigenvalue weighted by molar-refractivity contribution is -0.131. The van der Waals surface area contributed by atoms with Crippen molar-refractivity contribution in [3.63, 3.8) is 0 Å². The predicted molar refractivity (Wildman–Crippen MR) is 81.0 cm³/mol. The molecule has 0 spiro atoms. The van der Waals surface area contributed by atoms with Gasteiger partial charge in [-0.3, -0.25) is 9.69 Å². The van der Waals surface area contributed by atoms with E-state index in [2.05, 4.69) is 10.3 Å². The Morgan fingerprint density at radius 1 is 1.33 bits per heavy atom. The molecular formula is C15H13ClF2N4O2. The first-order valence-corrected chi connectivity index (χ1v) is 7.37. The van der Waals surface area contributed by atoms with Crippen molar-refractivity contribution in [2.75, 3.05) is 0 Å². The highest BCUT2D eigenvalue weighted by atomic mass is 35.5. The van der Waals surface area contributed by atoms with Gasteiger partial charge in [0.15, 0.2) is 0 Å². The van der Waals surface area contributed by atoms with Crippen molar-refractivity contribution in [1.29, 1.82) is 0 Å². The summed E-state index contributed by atoms with van der Waals surface area (Å²) in [4.78, 5) is 29.8. The maximum absolute atomic E-state index is 14.1. The van der Waals surface area contributed by atoms with Gasteiger partial charge in [-0.1, -0.05) is 11.6 Å². The van der Waals surface area contributed by atoms with Gasteiger partial charge < -0.3 is 9.88 Å². The third-order valence-corrected chi connectivity index (χ3v) is 4.42. The minimum absolute atomic E-state index is 0.138. The van der Waals surface area contributed by atoms with E-state index in [9.17, 15) is 18.4 Å². The number of urea groups is 1. The number of imidazole rings is 1. The van der Waals surface area contributed by atoms with Gasteiger partial charge in [0.2, 0.25) is 0 Å². The molecule has 1 atom stereocenters. The zero-order valence-corrected chi connectivity index (χ0v) is 13.6. The smallest absolute Gasteiger partial charge is 0.321 e. The number of rotatable bonds is 3. The summed E-state index contributed by atoms with van der Waals surface area (Å²) in [7, 11) is 1.63. The highest BCUT2D eigenvalue weighted by Crippen LogP contribution is 2.32. The van der Waals surface area contributed by atoms with Crippen LogP contribution in [0.25, 0.3) is 0 Å². The molecule has 1 aromatic carbocycles. The molecule has 1 aliphatic heterocycles. The van der Waals surface area contributed by atoms with E-state index in [4.69, 9.17) is 11.6 Å². The summed E-state index contributed by atoms with van der Waals surface area (Å²) >= 11 is 5.88. The van der Waals surface area contributed by atoms with Crippen LogP contribution in [-0.4, -0.2) is 26.4 Å². The fourth-order valence-electron chi connectivity index (χ4n) is 2.62. The largest absolute Gasteiger partial charge is 0.325 e. The van der Waals surface area contributed by atoms with Crippen molar-refractivity contribution in [2.45, 2.75) is 19.0 Å². The molecule has 3 amide bonds. The van der Waals surface area contributed by atoms with E-state index < -0.39 is 29.1 Å². The van der Waals surface area contributed by atoms with Crippen LogP contribution in [0.2, 0.25) is 5.15 Å². The Labute approximate surface area is 141 Å². The van der Waals surface area contributed by atoms with Gasteiger partial charge in [0.25, 0.3) is 5.91 Å². The quantitative estimate of drug-likeness (QED) is 0.860. The summed E-state index contributed by atoms with van der Waals surface area (Å²) in [6.07, 6.45) is 1.39. The first-order chi connectivity index (χ1) is 11.2. The molecule has 1 N–H and O–H groups in total. The van der Waals surface area contributed by atoms with E-state index in [1.807, 2.05) is 0 Å². The van der Waals surface area contributed by atoms with E-state index in [-0.39, 0.29) is 12.1 Å². The van der Waals surface area contributed by atoms with E-state index >= 15 is 0 Å². The molecule has 24 heavy (non-hydrogen) atoms. The van der Waals surface area contributed by atoms with Crippen LogP contribution in [0.15, 0.2) is 24.4 Å². The highest BCUT2D eigenvalue weighted by molar-refractivity contribution is 6.29. The minimum Gasteiger partial charge on any atom is -0.321 e. The molecule has 126 valence electrons. The fraction of sp³-hybridized carbons (Fsp3) is 0.267. The topological polar surface area (TPSA) is 67.2 Å². The van der Waals surface area contributed by atoms with Gasteiger partial charge in [-0.2, -0.15) is 0 Å². The molecule has 1 fully saturated rings. The number of benzene rings is 1. The van der Waals surface area contributed by atoms with Gasteiger partial charge in [0, 0.05) is 12.6 Å². The molecule has 6 nitrogen and oxygen atoms in total. The standard InChI is InChI=1S/C15H13ClF2N4O2/c1-15(9-5-8(17)3-4-10(9)18)13(23)22(14(24)20-15)7-12-19-6-11(16)21(12)2/h3-6H,7H2,1-2H3,(H,20,24)/t15-/m1/s1. The number of carbonyl (C=O) groups is 2. The van der Waals surface area contributed by atoms with E-state index in [0.717, 1.165) is 23.1 Å². The van der Waals surface area contributed by atoms with Crippen LogP contribution in [0.3, 0.4) is 0 Å². The van der Waals surface area contributed by atoms with Crippen molar-refractivity contribution in [3.05, 3.63) is 52.6 Å². The lowest BCUT2D eigenvalue weighted by atomic mass is 9.91. The number of nitrogens with one attached hydrogen (secondary N) is 1. The third kappa shape index (κ3) is 2.43. The SMILES string of the molecule is Cn1c(Cl)cnc1CN1C(=O)N[C@](C)(c2cc(F)ccc2F)C1=O. The number of imide groups is 1. The number of hydrogen-bond acceptors (Lipinski definition) is 3. The van der Waals surface area contributed by atoms with Crippen LogP contribution < -0.4 is 5.32 Å². The lowest BCUT2D eigenvalue weighted by Gasteiger charge is -2.22. The van der Waals surface area contributed by atoms with Crippen LogP contribution in [0.1, 0.15) is 18.3 Å². The Balaban J connectivity index is 1.96. The zero-order chi connectivity index (χ0) is 17.6. The molecule has 2 heterocycles. The molecule has 3 rings (SSSR count). The number of amides is 3. The summed E-state index contributed by atoms with van der Waals surface area (Å²) in [6.45, 7) is 1.19. The summed E-state index contributed by atoms with van der Waals surface area (Å²) in [6, 6.07) is 2.03. The number of hydrogen-bond donors (Lipinski definition) is 1. The maximum Gasteiger partial charge on any atom is 0.325 e. The predicted octanol–water partition coefficient (Wildman–Crippen LogP) is 2.32.